The Bertz CT molecular complexity index is 593. The summed E-state index contributed by atoms with van der Waals surface area (Å²) in [7, 11) is -4.12. The lowest BCUT2D eigenvalue weighted by atomic mass is 10.0. The second-order valence-corrected chi connectivity index (χ2v) is 6.47. The first-order valence-corrected chi connectivity index (χ1v) is 7.47. The minimum absolute atomic E-state index is 0.413. The Morgan fingerprint density at radius 2 is 2.00 bits per heavy atom. The third kappa shape index (κ3) is 3.29. The van der Waals surface area contributed by atoms with E-state index in [9.17, 15) is 17.2 Å². The van der Waals surface area contributed by atoms with Crippen LogP contribution in [0.4, 0.5) is 8.78 Å². The lowest BCUT2D eigenvalue weighted by Crippen LogP contribution is -2.27. The number of rotatable bonds is 5. The fourth-order valence-corrected chi connectivity index (χ4v) is 3.70. The molecule has 2 atom stereocenters. The molecule has 0 N–H and O–H groups in total. The summed E-state index contributed by atoms with van der Waals surface area (Å²) in [5.74, 6) is -2.43. The Labute approximate surface area is 111 Å². The van der Waals surface area contributed by atoms with Crippen LogP contribution in [0.1, 0.15) is 26.7 Å². The summed E-state index contributed by atoms with van der Waals surface area (Å²) in [6, 6.07) is 3.96. The van der Waals surface area contributed by atoms with Crippen LogP contribution in [0.3, 0.4) is 0 Å². The van der Waals surface area contributed by atoms with E-state index in [-0.39, 0.29) is 0 Å². The summed E-state index contributed by atoms with van der Waals surface area (Å²) in [6.07, 6.45) is 1.26. The molecule has 0 radical (unpaired) electrons. The normalized spacial score (nSPS) is 14.7. The van der Waals surface area contributed by atoms with E-state index in [4.69, 9.17) is 5.26 Å². The van der Waals surface area contributed by atoms with Crippen molar-refractivity contribution < 1.29 is 17.2 Å². The van der Waals surface area contributed by atoms with Gasteiger partial charge in [-0.25, -0.2) is 17.2 Å². The van der Waals surface area contributed by atoms with Crippen molar-refractivity contribution in [2.24, 2.45) is 5.92 Å². The van der Waals surface area contributed by atoms with Gasteiger partial charge in [-0.1, -0.05) is 20.3 Å². The maximum Gasteiger partial charge on any atom is 0.197 e. The molecule has 104 valence electrons. The molecular weight excluding hydrogens is 272 g/mol. The van der Waals surface area contributed by atoms with E-state index in [1.165, 1.54) is 0 Å². The van der Waals surface area contributed by atoms with Crippen LogP contribution in [-0.2, 0) is 9.84 Å². The van der Waals surface area contributed by atoms with Crippen molar-refractivity contribution in [3.8, 4) is 6.07 Å². The summed E-state index contributed by atoms with van der Waals surface area (Å²) in [6.45, 7) is 3.51. The maximum atomic E-state index is 13.6. The number of sulfone groups is 1. The molecule has 0 amide bonds. The number of hydrogen-bond acceptors (Lipinski definition) is 3. The average molecular weight is 287 g/mol. The predicted molar refractivity (Wildman–Crippen MR) is 67.0 cm³/mol. The van der Waals surface area contributed by atoms with E-state index in [1.54, 1.807) is 13.0 Å². The van der Waals surface area contributed by atoms with Crippen molar-refractivity contribution >= 4 is 9.84 Å². The standard InChI is InChI=1S/C13H15F2NO2S/c1-3-4-9(2)13(8-16)19(17,18)12-6-5-10(14)7-11(12)15/h5-7,9,13H,3-4H2,1-2H3. The molecular formula is C13H15F2NO2S. The molecule has 0 aliphatic heterocycles. The SMILES string of the molecule is CCCC(C)C(C#N)S(=O)(=O)c1ccc(F)cc1F. The van der Waals surface area contributed by atoms with Crippen LogP contribution in [0.5, 0.6) is 0 Å². The highest BCUT2D eigenvalue weighted by atomic mass is 32.2. The van der Waals surface area contributed by atoms with Crippen LogP contribution in [-0.4, -0.2) is 13.7 Å². The van der Waals surface area contributed by atoms with Crippen LogP contribution in [0, 0.1) is 28.9 Å². The first-order chi connectivity index (χ1) is 8.84. The van der Waals surface area contributed by atoms with Crippen LogP contribution in [0.2, 0.25) is 0 Å². The van der Waals surface area contributed by atoms with Crippen LogP contribution in [0.15, 0.2) is 23.1 Å². The predicted octanol–water partition coefficient (Wildman–Crippen LogP) is 3.07. The minimum Gasteiger partial charge on any atom is -0.222 e. The molecule has 6 heteroatoms. The van der Waals surface area contributed by atoms with E-state index in [2.05, 4.69) is 0 Å². The van der Waals surface area contributed by atoms with Crippen molar-refractivity contribution in [3.05, 3.63) is 29.8 Å². The maximum absolute atomic E-state index is 13.6. The molecule has 0 saturated carbocycles. The Balaban J connectivity index is 3.26. The zero-order chi connectivity index (χ0) is 14.6. The fourth-order valence-electron chi connectivity index (χ4n) is 1.95. The molecule has 19 heavy (non-hydrogen) atoms. The quantitative estimate of drug-likeness (QED) is 0.782. The van der Waals surface area contributed by atoms with Crippen LogP contribution < -0.4 is 0 Å². The topological polar surface area (TPSA) is 57.9 Å². The van der Waals surface area contributed by atoms with Gasteiger partial charge < -0.3 is 0 Å². The van der Waals surface area contributed by atoms with Gasteiger partial charge in [0.25, 0.3) is 0 Å². The van der Waals surface area contributed by atoms with Gasteiger partial charge in [-0.15, -0.1) is 0 Å². The first kappa shape index (κ1) is 15.6. The number of hydrogen-bond donors (Lipinski definition) is 0. The van der Waals surface area contributed by atoms with Gasteiger partial charge in [-0.05, 0) is 24.5 Å². The van der Waals surface area contributed by atoms with E-state index >= 15 is 0 Å². The highest BCUT2D eigenvalue weighted by molar-refractivity contribution is 7.92. The smallest absolute Gasteiger partial charge is 0.197 e. The number of nitrogens with zero attached hydrogens (tertiary/aromatic N) is 1. The van der Waals surface area contributed by atoms with E-state index in [0.717, 1.165) is 18.6 Å². The van der Waals surface area contributed by atoms with Gasteiger partial charge >= 0.3 is 0 Å². The van der Waals surface area contributed by atoms with Gasteiger partial charge in [0.05, 0.1) is 6.07 Å². The Morgan fingerprint density at radius 1 is 1.37 bits per heavy atom. The van der Waals surface area contributed by atoms with Crippen molar-refractivity contribution in [1.82, 2.24) is 0 Å². The molecule has 1 rings (SSSR count). The summed E-state index contributed by atoms with van der Waals surface area (Å²) >= 11 is 0. The molecule has 0 fully saturated rings. The van der Waals surface area contributed by atoms with Gasteiger partial charge in [0.2, 0.25) is 0 Å². The van der Waals surface area contributed by atoms with Crippen LogP contribution >= 0.6 is 0 Å². The third-order valence-corrected chi connectivity index (χ3v) is 5.11. The summed E-state index contributed by atoms with van der Waals surface area (Å²) < 4.78 is 50.8. The lowest BCUT2D eigenvalue weighted by molar-refractivity contribution is 0.503. The monoisotopic (exact) mass is 287 g/mol. The van der Waals surface area contributed by atoms with Crippen LogP contribution in [0.25, 0.3) is 0 Å². The van der Waals surface area contributed by atoms with Crippen molar-refractivity contribution in [2.45, 2.75) is 36.8 Å². The average Bonchev–Trinajstić information content (AvgIpc) is 2.28. The molecule has 0 aliphatic rings. The van der Waals surface area contributed by atoms with E-state index in [1.807, 2.05) is 6.92 Å². The zero-order valence-electron chi connectivity index (χ0n) is 10.7. The first-order valence-electron chi connectivity index (χ1n) is 5.93. The fraction of sp³-hybridized carbons (Fsp3) is 0.462. The zero-order valence-corrected chi connectivity index (χ0v) is 11.5. The van der Waals surface area contributed by atoms with E-state index in [0.29, 0.717) is 12.5 Å². The van der Waals surface area contributed by atoms with Crippen molar-refractivity contribution in [3.63, 3.8) is 0 Å². The highest BCUT2D eigenvalue weighted by Crippen LogP contribution is 2.26. The van der Waals surface area contributed by atoms with Crippen molar-refractivity contribution in [1.29, 1.82) is 5.26 Å². The van der Waals surface area contributed by atoms with Gasteiger partial charge in [-0.2, -0.15) is 5.26 Å². The molecule has 2 unspecified atom stereocenters. The second kappa shape index (κ2) is 6.11. The molecule has 0 spiro atoms. The largest absolute Gasteiger partial charge is 0.222 e. The van der Waals surface area contributed by atoms with Crippen molar-refractivity contribution in [2.75, 3.05) is 0 Å². The minimum atomic E-state index is -4.12. The van der Waals surface area contributed by atoms with Gasteiger partial charge in [0.1, 0.15) is 16.5 Å². The highest BCUT2D eigenvalue weighted by Gasteiger charge is 2.34. The lowest BCUT2D eigenvalue weighted by Gasteiger charge is -2.17. The molecule has 0 heterocycles. The van der Waals surface area contributed by atoms with Gasteiger partial charge in [0.15, 0.2) is 15.1 Å². The van der Waals surface area contributed by atoms with E-state index < -0.39 is 37.5 Å². The number of halogens is 2. The number of benzene rings is 1. The molecule has 1 aromatic carbocycles. The summed E-state index contributed by atoms with van der Waals surface area (Å²) in [5.41, 5.74) is 0. The molecule has 0 aromatic heterocycles. The molecule has 3 nitrogen and oxygen atoms in total. The molecule has 0 saturated heterocycles. The third-order valence-electron chi connectivity index (χ3n) is 2.92. The Hall–Kier alpha value is -1.48. The summed E-state index contributed by atoms with van der Waals surface area (Å²) in [5, 5.41) is 7.71. The van der Waals surface area contributed by atoms with Gasteiger partial charge in [-0.3, -0.25) is 0 Å². The second-order valence-electron chi connectivity index (χ2n) is 4.44. The Kier molecular flexibility index (Phi) is 5.01. The molecule has 1 aromatic rings. The molecule has 0 bridgehead atoms. The Morgan fingerprint density at radius 3 is 2.47 bits per heavy atom. The van der Waals surface area contributed by atoms with Gasteiger partial charge in [0, 0.05) is 6.07 Å². The number of nitriles is 1. The molecule has 0 aliphatic carbocycles. The summed E-state index contributed by atoms with van der Waals surface area (Å²) in [4.78, 5) is -0.622.